The van der Waals surface area contributed by atoms with Gasteiger partial charge in [0.25, 0.3) is 17.7 Å². The average molecular weight is 442 g/mol. The maximum absolute atomic E-state index is 10.9. The van der Waals surface area contributed by atoms with Gasteiger partial charge in [-0.05, 0) is 38.5 Å². The van der Waals surface area contributed by atoms with Gasteiger partial charge in [-0.25, -0.2) is 4.79 Å². The van der Waals surface area contributed by atoms with Crippen LogP contribution in [0.25, 0.3) is 0 Å². The second-order valence-electron chi connectivity index (χ2n) is 7.63. The van der Waals surface area contributed by atoms with E-state index in [0.29, 0.717) is 11.5 Å². The van der Waals surface area contributed by atoms with Gasteiger partial charge in [-0.3, -0.25) is 24.0 Å². The van der Waals surface area contributed by atoms with E-state index in [1.54, 1.807) is 0 Å². The van der Waals surface area contributed by atoms with Crippen molar-refractivity contribution in [2.75, 3.05) is 0 Å². The van der Waals surface area contributed by atoms with E-state index in [-0.39, 0.29) is 36.7 Å². The Morgan fingerprint density at radius 3 is 2.23 bits per heavy atom. The minimum Gasteiger partial charge on any atom is -0.448 e. The minimum atomic E-state index is -1.66. The molecule has 3 aliphatic rings. The molecule has 0 aromatic carbocycles. The van der Waals surface area contributed by atoms with Gasteiger partial charge in [-0.1, -0.05) is 30.6 Å². The third-order valence-electron chi connectivity index (χ3n) is 4.86. The van der Waals surface area contributed by atoms with Crippen LogP contribution < -0.4 is 0 Å². The number of aliphatic hydroxyl groups is 1. The van der Waals surface area contributed by atoms with Crippen LogP contribution in [0.1, 0.15) is 71.6 Å². The lowest BCUT2D eigenvalue weighted by Crippen LogP contribution is -2.42. The molecular formula is C20H30N2O9. The Morgan fingerprint density at radius 2 is 1.71 bits per heavy atom. The molecule has 3 amide bonds. The van der Waals surface area contributed by atoms with E-state index in [4.69, 9.17) is 5.11 Å². The SMILES string of the molecule is CC1(O)CCC(=O)N1OC=O.C[C@@H]1CC/C=C/CCC1.O=C(O)ON1C(=O)CCC1=O. The second-order valence-corrected chi connectivity index (χ2v) is 7.63. The van der Waals surface area contributed by atoms with Gasteiger partial charge in [0.05, 0.1) is 0 Å². The summed E-state index contributed by atoms with van der Waals surface area (Å²) in [5.74, 6) is -0.633. The zero-order valence-corrected chi connectivity index (χ0v) is 17.8. The van der Waals surface area contributed by atoms with Crippen molar-refractivity contribution in [2.24, 2.45) is 5.92 Å². The molecule has 2 atom stereocenters. The van der Waals surface area contributed by atoms with Crippen molar-refractivity contribution < 1.29 is 43.9 Å². The predicted molar refractivity (Wildman–Crippen MR) is 105 cm³/mol. The molecule has 3 rings (SSSR count). The fraction of sp³-hybridized carbons (Fsp3) is 0.650. The molecule has 2 heterocycles. The van der Waals surface area contributed by atoms with Crippen molar-refractivity contribution in [3.05, 3.63) is 12.2 Å². The van der Waals surface area contributed by atoms with E-state index in [1.165, 1.54) is 39.0 Å². The first-order chi connectivity index (χ1) is 14.6. The third kappa shape index (κ3) is 9.16. The van der Waals surface area contributed by atoms with Crippen molar-refractivity contribution in [3.8, 4) is 0 Å². The van der Waals surface area contributed by atoms with Crippen LogP contribution in [0.15, 0.2) is 12.2 Å². The summed E-state index contributed by atoms with van der Waals surface area (Å²) in [6.07, 6.45) is 10.4. The molecule has 0 bridgehead atoms. The molecule has 2 fully saturated rings. The summed E-state index contributed by atoms with van der Waals surface area (Å²) in [5.41, 5.74) is -1.34. The van der Waals surface area contributed by atoms with E-state index in [9.17, 15) is 29.1 Å². The average Bonchev–Trinajstić information content (AvgIpc) is 3.13. The molecule has 0 spiro atoms. The van der Waals surface area contributed by atoms with Crippen LogP contribution in [0.2, 0.25) is 0 Å². The summed E-state index contributed by atoms with van der Waals surface area (Å²) >= 11 is 0. The summed E-state index contributed by atoms with van der Waals surface area (Å²) in [6.45, 7) is 3.90. The van der Waals surface area contributed by atoms with E-state index >= 15 is 0 Å². The van der Waals surface area contributed by atoms with Gasteiger partial charge in [0.1, 0.15) is 0 Å². The Morgan fingerprint density at radius 1 is 1.10 bits per heavy atom. The number of hydrogen-bond acceptors (Lipinski definition) is 8. The van der Waals surface area contributed by atoms with Crippen LogP contribution >= 0.6 is 0 Å². The summed E-state index contributed by atoms with van der Waals surface area (Å²) in [4.78, 5) is 60.1. The van der Waals surface area contributed by atoms with Crippen LogP contribution in [0.3, 0.4) is 0 Å². The molecule has 2 aliphatic heterocycles. The lowest BCUT2D eigenvalue weighted by atomic mass is 9.96. The molecule has 11 heteroatoms. The lowest BCUT2D eigenvalue weighted by molar-refractivity contribution is -0.239. The van der Waals surface area contributed by atoms with Crippen molar-refractivity contribution in [2.45, 2.75) is 77.4 Å². The molecule has 0 aromatic rings. The zero-order valence-electron chi connectivity index (χ0n) is 17.8. The smallest absolute Gasteiger partial charge is 0.448 e. The molecule has 0 radical (unpaired) electrons. The van der Waals surface area contributed by atoms with E-state index in [1.807, 2.05) is 0 Å². The normalized spacial score (nSPS) is 26.5. The Kier molecular flexibility index (Phi) is 10.7. The highest BCUT2D eigenvalue weighted by molar-refractivity contribution is 6.01. The first-order valence-electron chi connectivity index (χ1n) is 10.2. The van der Waals surface area contributed by atoms with Crippen molar-refractivity contribution >= 4 is 30.3 Å². The largest absolute Gasteiger partial charge is 0.531 e. The van der Waals surface area contributed by atoms with Crippen LogP contribution in [0, 0.1) is 5.92 Å². The maximum Gasteiger partial charge on any atom is 0.531 e. The molecule has 1 aliphatic carbocycles. The molecule has 174 valence electrons. The minimum absolute atomic E-state index is 0.0200. The first-order valence-corrected chi connectivity index (χ1v) is 10.2. The number of imide groups is 1. The first kappa shape index (κ1) is 26.1. The molecule has 2 N–H and O–H groups in total. The summed E-state index contributed by atoms with van der Waals surface area (Å²) < 4.78 is 0. The molecule has 0 aromatic heterocycles. The number of rotatable bonds is 3. The topological polar surface area (TPSA) is 151 Å². The summed E-state index contributed by atoms with van der Waals surface area (Å²) in [7, 11) is 0. The van der Waals surface area contributed by atoms with Gasteiger partial charge >= 0.3 is 12.6 Å². The Labute approximate surface area is 180 Å². The highest BCUT2D eigenvalue weighted by Crippen LogP contribution is 2.26. The van der Waals surface area contributed by atoms with E-state index in [2.05, 4.69) is 28.8 Å². The number of carbonyl (C=O) groups excluding carboxylic acids is 4. The van der Waals surface area contributed by atoms with Gasteiger partial charge in [0, 0.05) is 25.7 Å². The molecule has 2 saturated heterocycles. The standard InChI is InChI=1S/C9H16.C6H9NO4.C5H5NO5/c1-9-7-5-3-2-4-6-8-9;1-6(10)3-2-5(9)7(6)11-4-8;7-3-1-2-4(8)6(3)11-5(9)10/h2-3,9H,4-8H2,1H3;4,10H,2-3H2,1H3;1-2H2,(H,9,10)/b3-2+;;/t9-;;/m1../s1. The van der Waals surface area contributed by atoms with Crippen LogP contribution in [0.4, 0.5) is 4.79 Å². The van der Waals surface area contributed by atoms with Gasteiger partial charge in [0.15, 0.2) is 5.72 Å². The fourth-order valence-electron chi connectivity index (χ4n) is 3.11. The zero-order chi connectivity index (χ0) is 23.4. The van der Waals surface area contributed by atoms with Crippen molar-refractivity contribution in [1.82, 2.24) is 10.1 Å². The fourth-order valence-corrected chi connectivity index (χ4v) is 3.11. The quantitative estimate of drug-likeness (QED) is 0.381. The van der Waals surface area contributed by atoms with Gasteiger partial charge < -0.3 is 15.1 Å². The number of carboxylic acid groups (broad SMARTS) is 1. The van der Waals surface area contributed by atoms with Gasteiger partial charge in [-0.15, -0.1) is 5.06 Å². The van der Waals surface area contributed by atoms with Crippen LogP contribution in [-0.2, 0) is 28.9 Å². The van der Waals surface area contributed by atoms with E-state index < -0.39 is 23.7 Å². The monoisotopic (exact) mass is 442 g/mol. The molecule has 1 unspecified atom stereocenters. The molecular weight excluding hydrogens is 412 g/mol. The molecule has 31 heavy (non-hydrogen) atoms. The van der Waals surface area contributed by atoms with Crippen LogP contribution in [0.5, 0.6) is 0 Å². The van der Waals surface area contributed by atoms with Gasteiger partial charge in [-0.2, -0.15) is 0 Å². The predicted octanol–water partition coefficient (Wildman–Crippen LogP) is 2.29. The summed E-state index contributed by atoms with van der Waals surface area (Å²) in [6, 6.07) is 0. The Balaban J connectivity index is 0.000000234. The van der Waals surface area contributed by atoms with E-state index in [0.717, 1.165) is 5.92 Å². The number of amides is 3. The number of allylic oxidation sites excluding steroid dienone is 2. The van der Waals surface area contributed by atoms with Crippen molar-refractivity contribution in [3.63, 3.8) is 0 Å². The number of hydrogen-bond donors (Lipinski definition) is 2. The number of nitrogens with zero attached hydrogens (tertiary/aromatic N) is 2. The Bertz CT molecular complexity index is 674. The second kappa shape index (κ2) is 12.7. The van der Waals surface area contributed by atoms with Crippen molar-refractivity contribution in [1.29, 1.82) is 0 Å². The van der Waals surface area contributed by atoms with Crippen LogP contribution in [-0.4, -0.2) is 56.4 Å². The lowest BCUT2D eigenvalue weighted by Gasteiger charge is -2.25. The highest BCUT2D eigenvalue weighted by Gasteiger charge is 2.42. The number of carbonyl (C=O) groups is 5. The maximum atomic E-state index is 10.9. The third-order valence-corrected chi connectivity index (χ3v) is 4.86. The Hall–Kier alpha value is -2.95. The molecule has 11 nitrogen and oxygen atoms in total. The van der Waals surface area contributed by atoms with Gasteiger partial charge in [0.2, 0.25) is 0 Å². The highest BCUT2D eigenvalue weighted by atomic mass is 16.8. The summed E-state index contributed by atoms with van der Waals surface area (Å²) in [5, 5.41) is 18.4. The number of hydroxylamine groups is 4. The molecule has 0 saturated carbocycles.